The van der Waals surface area contributed by atoms with Gasteiger partial charge >= 0.3 is 0 Å². The van der Waals surface area contributed by atoms with Gasteiger partial charge in [-0.1, -0.05) is 37.3 Å². The van der Waals surface area contributed by atoms with Gasteiger partial charge in [0.1, 0.15) is 0 Å². The highest BCUT2D eigenvalue weighted by Crippen LogP contribution is 2.32. The van der Waals surface area contributed by atoms with Gasteiger partial charge in [-0.15, -0.1) is 0 Å². The molecular formula is C19H26. The molecule has 0 N–H and O–H groups in total. The molecule has 0 atom stereocenters. The monoisotopic (exact) mass is 254 g/mol. The largest absolute Gasteiger partial charge is 0.0776 e. The van der Waals surface area contributed by atoms with Gasteiger partial charge in [-0.3, -0.25) is 0 Å². The summed E-state index contributed by atoms with van der Waals surface area (Å²) in [6, 6.07) is 9.04. The highest BCUT2D eigenvalue weighted by atomic mass is 14.1. The molecule has 0 radical (unpaired) electrons. The fourth-order valence-corrected chi connectivity index (χ4v) is 2.61. The van der Waals surface area contributed by atoms with E-state index < -0.39 is 0 Å². The molecule has 102 valence electrons. The SMILES string of the molecule is C.Cc1ccc(-c2cc(C)c(C)c(C)c2C)c(C)c1. The van der Waals surface area contributed by atoms with E-state index in [9.17, 15) is 0 Å². The number of aryl methyl sites for hydroxylation is 3. The zero-order valence-electron chi connectivity index (χ0n) is 12.3. The van der Waals surface area contributed by atoms with Crippen molar-refractivity contribution in [3.05, 3.63) is 57.6 Å². The lowest BCUT2D eigenvalue weighted by molar-refractivity contribution is 1.21. The lowest BCUT2D eigenvalue weighted by atomic mass is 9.89. The standard InChI is InChI=1S/C18H22.CH4/c1-11-7-8-17(13(3)9-11)18-10-12(2)14(4)15(5)16(18)6;/h7-10H,1-6H3;1H4. The second-order valence-electron chi connectivity index (χ2n) is 5.43. The Bertz CT molecular complexity index is 604. The van der Waals surface area contributed by atoms with Gasteiger partial charge in [0, 0.05) is 0 Å². The van der Waals surface area contributed by atoms with Crippen LogP contribution < -0.4 is 0 Å². The highest BCUT2D eigenvalue weighted by molar-refractivity contribution is 5.73. The Balaban J connectivity index is 0.00000180. The van der Waals surface area contributed by atoms with Gasteiger partial charge in [0.25, 0.3) is 0 Å². The number of benzene rings is 2. The van der Waals surface area contributed by atoms with Crippen LogP contribution in [0.15, 0.2) is 24.3 Å². The predicted molar refractivity (Wildman–Crippen MR) is 87.0 cm³/mol. The fourth-order valence-electron chi connectivity index (χ4n) is 2.61. The first-order valence-electron chi connectivity index (χ1n) is 6.57. The van der Waals surface area contributed by atoms with Crippen LogP contribution in [0, 0.1) is 41.5 Å². The van der Waals surface area contributed by atoms with E-state index in [1.54, 1.807) is 0 Å². The minimum absolute atomic E-state index is 0. The van der Waals surface area contributed by atoms with Gasteiger partial charge < -0.3 is 0 Å². The zero-order valence-corrected chi connectivity index (χ0v) is 12.3. The Hall–Kier alpha value is -1.56. The van der Waals surface area contributed by atoms with E-state index in [2.05, 4.69) is 65.8 Å². The van der Waals surface area contributed by atoms with Crippen LogP contribution in [0.2, 0.25) is 0 Å². The third-order valence-corrected chi connectivity index (χ3v) is 4.15. The second kappa shape index (κ2) is 5.61. The molecular weight excluding hydrogens is 228 g/mol. The molecule has 0 fully saturated rings. The van der Waals surface area contributed by atoms with Crippen LogP contribution in [-0.2, 0) is 0 Å². The molecule has 2 rings (SSSR count). The predicted octanol–water partition coefficient (Wildman–Crippen LogP) is 5.84. The highest BCUT2D eigenvalue weighted by Gasteiger charge is 2.10. The van der Waals surface area contributed by atoms with E-state index in [1.807, 2.05) is 0 Å². The van der Waals surface area contributed by atoms with Gasteiger partial charge in [0.15, 0.2) is 0 Å². The lowest BCUT2D eigenvalue weighted by Gasteiger charge is -2.16. The van der Waals surface area contributed by atoms with Crippen molar-refractivity contribution in [1.82, 2.24) is 0 Å². The van der Waals surface area contributed by atoms with Crippen LogP contribution in [-0.4, -0.2) is 0 Å². The van der Waals surface area contributed by atoms with Gasteiger partial charge in [0.2, 0.25) is 0 Å². The molecule has 0 heteroatoms. The third-order valence-electron chi connectivity index (χ3n) is 4.15. The van der Waals surface area contributed by atoms with Crippen molar-refractivity contribution >= 4 is 0 Å². The fraction of sp³-hybridized carbons (Fsp3) is 0.368. The first-order valence-corrected chi connectivity index (χ1v) is 6.57. The Morgan fingerprint density at radius 3 is 1.79 bits per heavy atom. The van der Waals surface area contributed by atoms with Crippen molar-refractivity contribution in [1.29, 1.82) is 0 Å². The normalized spacial score (nSPS) is 10.2. The molecule has 0 amide bonds. The number of hydrogen-bond donors (Lipinski definition) is 0. The summed E-state index contributed by atoms with van der Waals surface area (Å²) in [5.74, 6) is 0. The molecule has 0 spiro atoms. The average molecular weight is 254 g/mol. The van der Waals surface area contributed by atoms with E-state index in [1.165, 1.54) is 44.5 Å². The molecule has 2 aromatic carbocycles. The Morgan fingerprint density at radius 2 is 1.21 bits per heavy atom. The second-order valence-corrected chi connectivity index (χ2v) is 5.43. The number of hydrogen-bond acceptors (Lipinski definition) is 0. The van der Waals surface area contributed by atoms with Gasteiger partial charge in [-0.2, -0.15) is 0 Å². The first kappa shape index (κ1) is 15.5. The van der Waals surface area contributed by atoms with E-state index in [0.717, 1.165) is 0 Å². The van der Waals surface area contributed by atoms with Crippen LogP contribution >= 0.6 is 0 Å². The maximum atomic E-state index is 2.33. The first-order chi connectivity index (χ1) is 8.41. The van der Waals surface area contributed by atoms with E-state index in [-0.39, 0.29) is 7.43 Å². The van der Waals surface area contributed by atoms with Crippen LogP contribution in [0.1, 0.15) is 40.8 Å². The van der Waals surface area contributed by atoms with Crippen molar-refractivity contribution in [2.45, 2.75) is 49.0 Å². The van der Waals surface area contributed by atoms with Crippen molar-refractivity contribution in [3.8, 4) is 11.1 Å². The minimum Gasteiger partial charge on any atom is -0.0776 e. The van der Waals surface area contributed by atoms with Gasteiger partial charge in [0.05, 0.1) is 0 Å². The van der Waals surface area contributed by atoms with Crippen LogP contribution in [0.4, 0.5) is 0 Å². The lowest BCUT2D eigenvalue weighted by Crippen LogP contribution is -1.96. The smallest absolute Gasteiger partial charge is 0.0147 e. The molecule has 0 aromatic heterocycles. The maximum Gasteiger partial charge on any atom is -0.0147 e. The van der Waals surface area contributed by atoms with Crippen LogP contribution in [0.3, 0.4) is 0 Å². The van der Waals surface area contributed by atoms with E-state index >= 15 is 0 Å². The van der Waals surface area contributed by atoms with Crippen molar-refractivity contribution in [2.24, 2.45) is 0 Å². The summed E-state index contributed by atoms with van der Waals surface area (Å²) < 4.78 is 0. The Kier molecular flexibility index (Phi) is 4.57. The summed E-state index contributed by atoms with van der Waals surface area (Å²) in [5.41, 5.74) is 11.1. The maximum absolute atomic E-state index is 2.33. The summed E-state index contributed by atoms with van der Waals surface area (Å²) in [6.07, 6.45) is 0. The molecule has 0 nitrogen and oxygen atoms in total. The van der Waals surface area contributed by atoms with Crippen molar-refractivity contribution < 1.29 is 0 Å². The van der Waals surface area contributed by atoms with Gasteiger partial charge in [-0.25, -0.2) is 0 Å². The summed E-state index contributed by atoms with van der Waals surface area (Å²) in [7, 11) is 0. The van der Waals surface area contributed by atoms with Crippen LogP contribution in [0.5, 0.6) is 0 Å². The zero-order chi connectivity index (χ0) is 13.4. The average Bonchev–Trinajstić information content (AvgIpc) is 2.32. The molecule has 0 bridgehead atoms. The molecule has 0 aliphatic heterocycles. The summed E-state index contributed by atoms with van der Waals surface area (Å²) in [6.45, 7) is 13.2. The molecule has 0 aliphatic rings. The molecule has 0 saturated heterocycles. The topological polar surface area (TPSA) is 0 Å². The van der Waals surface area contributed by atoms with E-state index in [4.69, 9.17) is 0 Å². The molecule has 2 aromatic rings. The summed E-state index contributed by atoms with van der Waals surface area (Å²) >= 11 is 0. The Labute approximate surface area is 118 Å². The van der Waals surface area contributed by atoms with Crippen molar-refractivity contribution in [2.75, 3.05) is 0 Å². The molecule has 0 aliphatic carbocycles. The van der Waals surface area contributed by atoms with Crippen LogP contribution in [0.25, 0.3) is 11.1 Å². The minimum atomic E-state index is 0. The molecule has 0 unspecified atom stereocenters. The molecule has 19 heavy (non-hydrogen) atoms. The molecule has 0 saturated carbocycles. The third kappa shape index (κ3) is 2.73. The summed E-state index contributed by atoms with van der Waals surface area (Å²) in [4.78, 5) is 0. The number of rotatable bonds is 1. The quantitative estimate of drug-likeness (QED) is 0.599. The molecule has 0 heterocycles. The van der Waals surface area contributed by atoms with Gasteiger partial charge in [-0.05, 0) is 80.5 Å². The van der Waals surface area contributed by atoms with Crippen molar-refractivity contribution in [3.63, 3.8) is 0 Å². The Morgan fingerprint density at radius 1 is 0.579 bits per heavy atom. The summed E-state index contributed by atoms with van der Waals surface area (Å²) in [5, 5.41) is 0. The van der Waals surface area contributed by atoms with E-state index in [0.29, 0.717) is 0 Å².